The quantitative estimate of drug-likeness (QED) is 0.655. The van der Waals surface area contributed by atoms with Gasteiger partial charge in [0.15, 0.2) is 0 Å². The summed E-state index contributed by atoms with van der Waals surface area (Å²) in [5.41, 5.74) is 6.49. The summed E-state index contributed by atoms with van der Waals surface area (Å²) in [6.45, 7) is 2.98. The Hall–Kier alpha value is -1.55. The minimum atomic E-state index is -0.148. The minimum Gasteiger partial charge on any atom is -0.508 e. The van der Waals surface area contributed by atoms with Gasteiger partial charge in [0.25, 0.3) is 5.91 Å². The van der Waals surface area contributed by atoms with Crippen LogP contribution in [-0.4, -0.2) is 24.1 Å². The van der Waals surface area contributed by atoms with E-state index in [0.717, 1.165) is 12.8 Å². The number of carbonyl (C=O) groups is 1. The van der Waals surface area contributed by atoms with Gasteiger partial charge in [-0.3, -0.25) is 4.79 Å². The van der Waals surface area contributed by atoms with Crippen molar-refractivity contribution in [3.8, 4) is 5.75 Å². The molecule has 88 valence electrons. The van der Waals surface area contributed by atoms with Crippen molar-refractivity contribution in [2.45, 2.75) is 19.8 Å². The van der Waals surface area contributed by atoms with Crippen LogP contribution in [0.2, 0.25) is 0 Å². The van der Waals surface area contributed by atoms with E-state index in [1.807, 2.05) is 0 Å². The van der Waals surface area contributed by atoms with E-state index < -0.39 is 0 Å². The first kappa shape index (κ1) is 12.5. The summed E-state index contributed by atoms with van der Waals surface area (Å²) >= 11 is 0. The van der Waals surface area contributed by atoms with Crippen LogP contribution in [0.25, 0.3) is 0 Å². The number of amides is 1. The SMILES string of the molecule is Cc1c(O)cccc1C(=O)NCCCCN. The van der Waals surface area contributed by atoms with Crippen molar-refractivity contribution < 1.29 is 9.90 Å². The Kier molecular flexibility index (Phi) is 4.79. The lowest BCUT2D eigenvalue weighted by atomic mass is 10.1. The van der Waals surface area contributed by atoms with Gasteiger partial charge in [0.2, 0.25) is 0 Å². The standard InChI is InChI=1S/C12H18N2O2/c1-9-10(5-4-6-11(9)15)12(16)14-8-3-2-7-13/h4-6,15H,2-3,7-8,13H2,1H3,(H,14,16). The van der Waals surface area contributed by atoms with Gasteiger partial charge in [-0.25, -0.2) is 0 Å². The maximum atomic E-state index is 11.7. The zero-order valence-corrected chi connectivity index (χ0v) is 9.49. The Balaban J connectivity index is 2.56. The van der Waals surface area contributed by atoms with Crippen molar-refractivity contribution in [1.29, 1.82) is 0 Å². The van der Waals surface area contributed by atoms with Crippen LogP contribution in [-0.2, 0) is 0 Å². The number of unbranched alkanes of at least 4 members (excludes halogenated alkanes) is 1. The van der Waals surface area contributed by atoms with Gasteiger partial charge in [0, 0.05) is 17.7 Å². The number of rotatable bonds is 5. The predicted molar refractivity (Wildman–Crippen MR) is 63.5 cm³/mol. The molecule has 4 nitrogen and oxygen atoms in total. The molecular formula is C12H18N2O2. The highest BCUT2D eigenvalue weighted by molar-refractivity contribution is 5.96. The molecule has 1 rings (SSSR count). The number of hydrogen-bond acceptors (Lipinski definition) is 3. The van der Waals surface area contributed by atoms with E-state index in [-0.39, 0.29) is 11.7 Å². The first-order chi connectivity index (χ1) is 7.66. The monoisotopic (exact) mass is 222 g/mol. The van der Waals surface area contributed by atoms with Gasteiger partial charge in [0.1, 0.15) is 5.75 Å². The molecule has 0 unspecified atom stereocenters. The Morgan fingerprint density at radius 1 is 1.44 bits per heavy atom. The zero-order valence-electron chi connectivity index (χ0n) is 9.49. The van der Waals surface area contributed by atoms with Gasteiger partial charge in [-0.1, -0.05) is 6.07 Å². The van der Waals surface area contributed by atoms with Crippen molar-refractivity contribution in [3.63, 3.8) is 0 Å². The summed E-state index contributed by atoms with van der Waals surface area (Å²) in [6.07, 6.45) is 1.78. The van der Waals surface area contributed by atoms with Crippen LogP contribution in [0.5, 0.6) is 5.75 Å². The summed E-state index contributed by atoms with van der Waals surface area (Å²) in [5, 5.41) is 12.3. The second kappa shape index (κ2) is 6.12. The molecule has 0 atom stereocenters. The fourth-order valence-corrected chi connectivity index (χ4v) is 1.44. The molecule has 4 heteroatoms. The predicted octanol–water partition coefficient (Wildman–Crippen LogP) is 1.17. The molecule has 0 heterocycles. The highest BCUT2D eigenvalue weighted by Gasteiger charge is 2.10. The first-order valence-corrected chi connectivity index (χ1v) is 5.43. The second-order valence-corrected chi connectivity index (χ2v) is 3.70. The molecule has 0 bridgehead atoms. The topological polar surface area (TPSA) is 75.3 Å². The zero-order chi connectivity index (χ0) is 12.0. The fourth-order valence-electron chi connectivity index (χ4n) is 1.44. The number of phenolic OH excluding ortho intramolecular Hbond substituents is 1. The summed E-state index contributed by atoms with van der Waals surface area (Å²) in [4.78, 5) is 11.7. The maximum absolute atomic E-state index is 11.7. The molecule has 1 aromatic carbocycles. The Labute approximate surface area is 95.5 Å². The summed E-state index contributed by atoms with van der Waals surface area (Å²) in [7, 11) is 0. The number of carbonyl (C=O) groups excluding carboxylic acids is 1. The molecule has 4 N–H and O–H groups in total. The molecule has 0 spiro atoms. The van der Waals surface area contributed by atoms with E-state index in [1.165, 1.54) is 0 Å². The lowest BCUT2D eigenvalue weighted by molar-refractivity contribution is 0.0952. The van der Waals surface area contributed by atoms with Crippen molar-refractivity contribution >= 4 is 5.91 Å². The Morgan fingerprint density at radius 3 is 2.88 bits per heavy atom. The van der Waals surface area contributed by atoms with E-state index in [2.05, 4.69) is 5.32 Å². The van der Waals surface area contributed by atoms with E-state index >= 15 is 0 Å². The smallest absolute Gasteiger partial charge is 0.251 e. The average Bonchev–Trinajstić information content (AvgIpc) is 2.28. The Morgan fingerprint density at radius 2 is 2.19 bits per heavy atom. The second-order valence-electron chi connectivity index (χ2n) is 3.70. The van der Waals surface area contributed by atoms with Crippen LogP contribution in [0.15, 0.2) is 18.2 Å². The molecule has 0 fully saturated rings. The van der Waals surface area contributed by atoms with Crippen LogP contribution in [0.3, 0.4) is 0 Å². The molecule has 16 heavy (non-hydrogen) atoms. The molecule has 0 saturated carbocycles. The lowest BCUT2D eigenvalue weighted by Gasteiger charge is -2.08. The largest absolute Gasteiger partial charge is 0.508 e. The molecule has 0 aromatic heterocycles. The normalized spacial score (nSPS) is 10.1. The number of hydrogen-bond donors (Lipinski definition) is 3. The van der Waals surface area contributed by atoms with E-state index in [9.17, 15) is 9.90 Å². The van der Waals surface area contributed by atoms with Gasteiger partial charge >= 0.3 is 0 Å². The summed E-state index contributed by atoms with van der Waals surface area (Å²) in [5.74, 6) is 0.0000274. The molecule has 0 aliphatic rings. The third kappa shape index (κ3) is 3.24. The molecular weight excluding hydrogens is 204 g/mol. The van der Waals surface area contributed by atoms with Crippen LogP contribution in [0.1, 0.15) is 28.8 Å². The highest BCUT2D eigenvalue weighted by atomic mass is 16.3. The van der Waals surface area contributed by atoms with E-state index in [0.29, 0.717) is 24.2 Å². The average molecular weight is 222 g/mol. The minimum absolute atomic E-state index is 0.148. The Bertz CT molecular complexity index is 364. The van der Waals surface area contributed by atoms with Gasteiger partial charge in [-0.05, 0) is 38.4 Å². The van der Waals surface area contributed by atoms with Crippen molar-refractivity contribution in [2.24, 2.45) is 5.73 Å². The van der Waals surface area contributed by atoms with Gasteiger partial charge in [-0.15, -0.1) is 0 Å². The van der Waals surface area contributed by atoms with Crippen molar-refractivity contribution in [3.05, 3.63) is 29.3 Å². The third-order valence-electron chi connectivity index (χ3n) is 2.47. The fraction of sp³-hybridized carbons (Fsp3) is 0.417. The molecule has 1 amide bonds. The summed E-state index contributed by atoms with van der Waals surface area (Å²) < 4.78 is 0. The summed E-state index contributed by atoms with van der Waals surface area (Å²) in [6, 6.07) is 4.94. The first-order valence-electron chi connectivity index (χ1n) is 5.43. The van der Waals surface area contributed by atoms with Crippen LogP contribution >= 0.6 is 0 Å². The number of phenols is 1. The van der Waals surface area contributed by atoms with Crippen LogP contribution in [0, 0.1) is 6.92 Å². The van der Waals surface area contributed by atoms with E-state index in [4.69, 9.17) is 5.73 Å². The molecule has 1 aromatic rings. The third-order valence-corrected chi connectivity index (χ3v) is 2.47. The molecule has 0 saturated heterocycles. The van der Waals surface area contributed by atoms with Crippen LogP contribution < -0.4 is 11.1 Å². The highest BCUT2D eigenvalue weighted by Crippen LogP contribution is 2.19. The van der Waals surface area contributed by atoms with Gasteiger partial charge in [-0.2, -0.15) is 0 Å². The number of nitrogens with two attached hydrogens (primary N) is 1. The van der Waals surface area contributed by atoms with Crippen LogP contribution in [0.4, 0.5) is 0 Å². The van der Waals surface area contributed by atoms with Crippen molar-refractivity contribution in [2.75, 3.05) is 13.1 Å². The van der Waals surface area contributed by atoms with Gasteiger partial charge in [0.05, 0.1) is 0 Å². The lowest BCUT2D eigenvalue weighted by Crippen LogP contribution is -2.25. The molecule has 0 radical (unpaired) electrons. The van der Waals surface area contributed by atoms with E-state index in [1.54, 1.807) is 25.1 Å². The number of nitrogens with one attached hydrogen (secondary N) is 1. The maximum Gasteiger partial charge on any atom is 0.251 e. The molecule has 0 aliphatic heterocycles. The van der Waals surface area contributed by atoms with Gasteiger partial charge < -0.3 is 16.2 Å². The number of benzene rings is 1. The molecule has 0 aliphatic carbocycles. The van der Waals surface area contributed by atoms with Crippen molar-refractivity contribution in [1.82, 2.24) is 5.32 Å². The number of aromatic hydroxyl groups is 1.